The second-order valence-corrected chi connectivity index (χ2v) is 6.87. The number of benzene rings is 1. The van der Waals surface area contributed by atoms with Crippen molar-refractivity contribution in [2.24, 2.45) is 0 Å². The van der Waals surface area contributed by atoms with Crippen LogP contribution >= 0.6 is 27.3 Å². The first kappa shape index (κ1) is 15.9. The Bertz CT molecular complexity index is 679. The van der Waals surface area contributed by atoms with Crippen molar-refractivity contribution in [3.05, 3.63) is 38.0 Å². The summed E-state index contributed by atoms with van der Waals surface area (Å²) < 4.78 is 16.8. The van der Waals surface area contributed by atoms with Crippen LogP contribution in [0.1, 0.15) is 20.8 Å². The van der Waals surface area contributed by atoms with Crippen LogP contribution in [-0.2, 0) is 0 Å². The quantitative estimate of drug-likeness (QED) is 0.743. The van der Waals surface area contributed by atoms with Gasteiger partial charge in [0, 0.05) is 10.4 Å². The van der Waals surface area contributed by atoms with Crippen molar-refractivity contribution in [1.82, 2.24) is 0 Å². The zero-order chi connectivity index (χ0) is 15.6. The molecule has 0 bridgehead atoms. The van der Waals surface area contributed by atoms with Gasteiger partial charge in [0.2, 0.25) is 5.75 Å². The summed E-state index contributed by atoms with van der Waals surface area (Å²) in [5.74, 6) is 1.21. The zero-order valence-electron chi connectivity index (χ0n) is 12.2. The monoisotopic (exact) mass is 370 g/mol. The first-order valence-electron chi connectivity index (χ1n) is 6.13. The van der Waals surface area contributed by atoms with E-state index in [9.17, 15) is 4.79 Å². The van der Waals surface area contributed by atoms with Gasteiger partial charge in [-0.1, -0.05) is 0 Å². The molecular formula is C15H15BrO4S. The smallest absolute Gasteiger partial charge is 0.204 e. The van der Waals surface area contributed by atoms with Gasteiger partial charge in [0.1, 0.15) is 0 Å². The van der Waals surface area contributed by atoms with Gasteiger partial charge in [-0.15, -0.1) is 11.3 Å². The molecule has 0 aliphatic rings. The molecule has 1 aromatic heterocycles. The molecule has 21 heavy (non-hydrogen) atoms. The van der Waals surface area contributed by atoms with E-state index in [-0.39, 0.29) is 5.78 Å². The molecular weight excluding hydrogens is 356 g/mol. The van der Waals surface area contributed by atoms with Crippen LogP contribution in [-0.4, -0.2) is 27.1 Å². The lowest BCUT2D eigenvalue weighted by molar-refractivity contribution is 0.103. The Balaban J connectivity index is 2.58. The highest BCUT2D eigenvalue weighted by Gasteiger charge is 2.23. The number of halogens is 1. The van der Waals surface area contributed by atoms with E-state index in [1.807, 2.05) is 13.0 Å². The number of hydrogen-bond acceptors (Lipinski definition) is 5. The molecule has 0 aliphatic carbocycles. The summed E-state index contributed by atoms with van der Waals surface area (Å²) in [6.07, 6.45) is 0. The van der Waals surface area contributed by atoms with Crippen molar-refractivity contribution in [2.45, 2.75) is 6.92 Å². The lowest BCUT2D eigenvalue weighted by atomic mass is 10.0. The van der Waals surface area contributed by atoms with Gasteiger partial charge in [-0.05, 0) is 41.1 Å². The van der Waals surface area contributed by atoms with E-state index >= 15 is 0 Å². The van der Waals surface area contributed by atoms with Crippen LogP contribution in [0.4, 0.5) is 0 Å². The molecule has 0 spiro atoms. The maximum Gasteiger partial charge on any atom is 0.204 e. The second-order valence-electron chi connectivity index (χ2n) is 4.23. The first-order chi connectivity index (χ1) is 10.0. The van der Waals surface area contributed by atoms with E-state index in [0.29, 0.717) is 28.4 Å². The highest BCUT2D eigenvalue weighted by atomic mass is 79.9. The maximum absolute atomic E-state index is 12.7. The van der Waals surface area contributed by atoms with Gasteiger partial charge < -0.3 is 14.2 Å². The number of ether oxygens (including phenoxy) is 3. The van der Waals surface area contributed by atoms with Crippen LogP contribution < -0.4 is 14.2 Å². The van der Waals surface area contributed by atoms with Crippen LogP contribution in [0.15, 0.2) is 22.0 Å². The highest BCUT2D eigenvalue weighted by Crippen LogP contribution is 2.41. The second kappa shape index (κ2) is 6.49. The molecule has 2 aromatic rings. The molecule has 0 amide bonds. The van der Waals surface area contributed by atoms with Crippen LogP contribution in [0.3, 0.4) is 0 Å². The largest absolute Gasteiger partial charge is 0.493 e. The van der Waals surface area contributed by atoms with Gasteiger partial charge in [0.05, 0.1) is 30.7 Å². The van der Waals surface area contributed by atoms with Crippen molar-refractivity contribution in [2.75, 3.05) is 21.3 Å². The molecule has 0 saturated carbocycles. The molecule has 112 valence electrons. The summed E-state index contributed by atoms with van der Waals surface area (Å²) in [5, 5.41) is 0. The summed E-state index contributed by atoms with van der Waals surface area (Å²) in [4.78, 5) is 13.7. The Labute approximate surface area is 135 Å². The van der Waals surface area contributed by atoms with Crippen LogP contribution in [0.25, 0.3) is 0 Å². The van der Waals surface area contributed by atoms with Crippen molar-refractivity contribution < 1.29 is 19.0 Å². The minimum absolute atomic E-state index is 0.104. The van der Waals surface area contributed by atoms with E-state index in [4.69, 9.17) is 14.2 Å². The molecule has 6 heteroatoms. The molecule has 0 atom stereocenters. The summed E-state index contributed by atoms with van der Waals surface area (Å²) >= 11 is 4.92. The SMILES string of the molecule is COc1ccc(C(=O)c2cc(Br)sc2C)c(OC)c1OC. The fraction of sp³-hybridized carbons (Fsp3) is 0.267. The lowest BCUT2D eigenvalue weighted by Gasteiger charge is -2.15. The first-order valence-corrected chi connectivity index (χ1v) is 7.74. The van der Waals surface area contributed by atoms with Gasteiger partial charge >= 0.3 is 0 Å². The Morgan fingerprint density at radius 3 is 2.19 bits per heavy atom. The average Bonchev–Trinajstić information content (AvgIpc) is 2.83. The van der Waals surface area contributed by atoms with Gasteiger partial charge in [0.15, 0.2) is 17.3 Å². The topological polar surface area (TPSA) is 44.8 Å². The molecule has 0 aliphatic heterocycles. The Morgan fingerprint density at radius 2 is 1.71 bits per heavy atom. The zero-order valence-corrected chi connectivity index (χ0v) is 14.6. The molecule has 0 unspecified atom stereocenters. The summed E-state index contributed by atoms with van der Waals surface area (Å²) in [6, 6.07) is 5.21. The normalized spacial score (nSPS) is 10.3. The number of aryl methyl sites for hydroxylation is 1. The number of hydrogen-bond donors (Lipinski definition) is 0. The number of rotatable bonds is 5. The number of ketones is 1. The number of carbonyl (C=O) groups excluding carboxylic acids is 1. The fourth-order valence-corrected chi connectivity index (χ4v) is 3.78. The molecule has 1 aromatic carbocycles. The van der Waals surface area contributed by atoms with E-state index in [0.717, 1.165) is 8.66 Å². The van der Waals surface area contributed by atoms with Crippen LogP contribution in [0.5, 0.6) is 17.2 Å². The van der Waals surface area contributed by atoms with E-state index < -0.39 is 0 Å². The van der Waals surface area contributed by atoms with Gasteiger partial charge in [-0.2, -0.15) is 0 Å². The van der Waals surface area contributed by atoms with Crippen LogP contribution in [0, 0.1) is 6.92 Å². The van der Waals surface area contributed by atoms with E-state index in [2.05, 4.69) is 15.9 Å². The number of thiophene rings is 1. The maximum atomic E-state index is 12.7. The molecule has 1 heterocycles. The van der Waals surface area contributed by atoms with Gasteiger partial charge in [-0.3, -0.25) is 4.79 Å². The third-order valence-corrected chi connectivity index (χ3v) is 4.63. The van der Waals surface area contributed by atoms with Crippen LogP contribution in [0.2, 0.25) is 0 Å². The van der Waals surface area contributed by atoms with E-state index in [1.54, 1.807) is 19.2 Å². The summed E-state index contributed by atoms with van der Waals surface area (Å²) in [7, 11) is 4.56. The highest BCUT2D eigenvalue weighted by molar-refractivity contribution is 9.11. The Morgan fingerprint density at radius 1 is 1.05 bits per heavy atom. The summed E-state index contributed by atoms with van der Waals surface area (Å²) in [6.45, 7) is 1.91. The Hall–Kier alpha value is -1.53. The van der Waals surface area contributed by atoms with Crippen molar-refractivity contribution >= 4 is 33.0 Å². The van der Waals surface area contributed by atoms with Crippen molar-refractivity contribution in [3.8, 4) is 17.2 Å². The molecule has 0 fully saturated rings. The van der Waals surface area contributed by atoms with Gasteiger partial charge in [-0.25, -0.2) is 0 Å². The molecule has 2 rings (SSSR count). The predicted octanol–water partition coefficient (Wildman–Crippen LogP) is 4.08. The summed E-state index contributed by atoms with van der Waals surface area (Å²) in [5.41, 5.74) is 1.10. The molecule has 0 N–H and O–H groups in total. The number of methoxy groups -OCH3 is 3. The lowest BCUT2D eigenvalue weighted by Crippen LogP contribution is -2.06. The Kier molecular flexibility index (Phi) is 4.90. The molecule has 0 radical (unpaired) electrons. The minimum atomic E-state index is -0.104. The third kappa shape index (κ3) is 2.91. The molecule has 0 saturated heterocycles. The van der Waals surface area contributed by atoms with E-state index in [1.165, 1.54) is 25.6 Å². The van der Waals surface area contributed by atoms with Crippen molar-refractivity contribution in [3.63, 3.8) is 0 Å². The van der Waals surface area contributed by atoms with Gasteiger partial charge in [0.25, 0.3) is 0 Å². The minimum Gasteiger partial charge on any atom is -0.493 e. The number of carbonyl (C=O) groups is 1. The van der Waals surface area contributed by atoms with Crippen molar-refractivity contribution in [1.29, 1.82) is 0 Å². The molecule has 4 nitrogen and oxygen atoms in total. The predicted molar refractivity (Wildman–Crippen MR) is 86.3 cm³/mol. The average molecular weight is 371 g/mol. The third-order valence-electron chi connectivity index (χ3n) is 3.08. The standard InChI is InChI=1S/C15H15BrO4S/c1-8-10(7-12(16)21-8)13(17)9-5-6-11(18-2)15(20-4)14(9)19-3/h5-7H,1-4H3. The fourth-order valence-electron chi connectivity index (χ4n) is 2.10.